The molecule has 0 radical (unpaired) electrons. The molecular weight excluding hydrogens is 355 g/mol. The van der Waals surface area contributed by atoms with E-state index >= 15 is 0 Å². The van der Waals surface area contributed by atoms with Crippen molar-refractivity contribution in [1.29, 1.82) is 0 Å². The quantitative estimate of drug-likeness (QED) is 0.832. The van der Waals surface area contributed by atoms with Crippen LogP contribution in [0, 0.1) is 17.8 Å². The van der Waals surface area contributed by atoms with Gasteiger partial charge in [-0.1, -0.05) is 35.7 Å². The van der Waals surface area contributed by atoms with Gasteiger partial charge in [-0.3, -0.25) is 9.69 Å². The molecule has 136 valence electrons. The van der Waals surface area contributed by atoms with Crippen molar-refractivity contribution in [3.05, 3.63) is 33.8 Å². The van der Waals surface area contributed by atoms with E-state index in [1.807, 2.05) is 12.1 Å². The molecule has 3 fully saturated rings. The minimum Gasteiger partial charge on any atom is -0.353 e. The van der Waals surface area contributed by atoms with Crippen molar-refractivity contribution in [1.82, 2.24) is 10.2 Å². The van der Waals surface area contributed by atoms with Gasteiger partial charge in [-0.15, -0.1) is 0 Å². The molecule has 0 spiro atoms. The van der Waals surface area contributed by atoms with Gasteiger partial charge >= 0.3 is 0 Å². The molecule has 2 aliphatic carbocycles. The predicted octanol–water partition coefficient (Wildman–Crippen LogP) is 4.51. The second-order valence-corrected chi connectivity index (χ2v) is 8.94. The summed E-state index contributed by atoms with van der Waals surface area (Å²) in [5.74, 6) is 1.98. The summed E-state index contributed by atoms with van der Waals surface area (Å²) in [5.41, 5.74) is 1.08. The van der Waals surface area contributed by atoms with E-state index in [1.54, 1.807) is 6.07 Å². The third-order valence-electron chi connectivity index (χ3n) is 6.35. The van der Waals surface area contributed by atoms with E-state index < -0.39 is 0 Å². The molecule has 1 heterocycles. The van der Waals surface area contributed by atoms with Gasteiger partial charge in [0.1, 0.15) is 0 Å². The Balaban J connectivity index is 1.33. The molecule has 5 heteroatoms. The van der Waals surface area contributed by atoms with Crippen LogP contribution in [-0.2, 0) is 11.3 Å². The van der Waals surface area contributed by atoms with Crippen LogP contribution in [0.5, 0.6) is 0 Å². The van der Waals surface area contributed by atoms with Crippen LogP contribution in [0.15, 0.2) is 18.2 Å². The summed E-state index contributed by atoms with van der Waals surface area (Å²) >= 11 is 12.3. The van der Waals surface area contributed by atoms with Gasteiger partial charge in [0.2, 0.25) is 5.91 Å². The van der Waals surface area contributed by atoms with E-state index in [-0.39, 0.29) is 11.8 Å². The van der Waals surface area contributed by atoms with Crippen LogP contribution >= 0.6 is 23.2 Å². The summed E-state index contributed by atoms with van der Waals surface area (Å²) in [4.78, 5) is 15.1. The maximum absolute atomic E-state index is 12.8. The molecular formula is C20H26Cl2N2O. The van der Waals surface area contributed by atoms with Crippen LogP contribution < -0.4 is 5.32 Å². The summed E-state index contributed by atoms with van der Waals surface area (Å²) in [6.45, 7) is 2.64. The summed E-state index contributed by atoms with van der Waals surface area (Å²) in [7, 11) is 0. The highest BCUT2D eigenvalue weighted by Crippen LogP contribution is 2.44. The number of nitrogens with one attached hydrogen (secondary N) is 1. The largest absolute Gasteiger partial charge is 0.353 e. The lowest BCUT2D eigenvalue weighted by Gasteiger charge is -2.33. The molecule has 0 aromatic heterocycles. The zero-order valence-electron chi connectivity index (χ0n) is 14.5. The van der Waals surface area contributed by atoms with Crippen LogP contribution in [-0.4, -0.2) is 29.9 Å². The maximum atomic E-state index is 12.8. The minimum absolute atomic E-state index is 0.110. The molecule has 2 bridgehead atoms. The van der Waals surface area contributed by atoms with Gasteiger partial charge in [0.15, 0.2) is 0 Å². The lowest BCUT2D eigenvalue weighted by molar-refractivity contribution is -0.127. The molecule has 2 saturated carbocycles. The first-order chi connectivity index (χ1) is 12.1. The minimum atomic E-state index is 0.110. The molecule has 4 atom stereocenters. The molecule has 1 amide bonds. The normalized spacial score (nSPS) is 32.1. The third kappa shape index (κ3) is 3.99. The van der Waals surface area contributed by atoms with Crippen LogP contribution in [0.4, 0.5) is 0 Å². The number of likely N-dealkylation sites (tertiary alicyclic amines) is 1. The van der Waals surface area contributed by atoms with E-state index in [2.05, 4.69) is 10.2 Å². The number of hydrogen-bond acceptors (Lipinski definition) is 2. The Morgan fingerprint density at radius 2 is 2.08 bits per heavy atom. The van der Waals surface area contributed by atoms with E-state index in [0.29, 0.717) is 16.1 Å². The van der Waals surface area contributed by atoms with E-state index in [9.17, 15) is 4.79 Å². The lowest BCUT2D eigenvalue weighted by Crippen LogP contribution is -2.47. The smallest absolute Gasteiger partial charge is 0.224 e. The molecule has 25 heavy (non-hydrogen) atoms. The number of halogens is 2. The predicted molar refractivity (Wildman–Crippen MR) is 102 cm³/mol. The Morgan fingerprint density at radius 1 is 1.20 bits per heavy atom. The number of nitrogens with zero attached hydrogens (tertiary/aromatic N) is 1. The first-order valence-electron chi connectivity index (χ1n) is 9.55. The van der Waals surface area contributed by atoms with Gasteiger partial charge < -0.3 is 5.32 Å². The fourth-order valence-corrected chi connectivity index (χ4v) is 5.49. The highest BCUT2D eigenvalue weighted by molar-refractivity contribution is 6.35. The summed E-state index contributed by atoms with van der Waals surface area (Å²) in [5, 5.41) is 4.75. The summed E-state index contributed by atoms with van der Waals surface area (Å²) < 4.78 is 0. The number of hydrogen-bond donors (Lipinski definition) is 1. The number of carbonyl (C=O) groups excluding carboxylic acids is 1. The fraction of sp³-hybridized carbons (Fsp3) is 0.650. The zero-order chi connectivity index (χ0) is 17.4. The van der Waals surface area contributed by atoms with Crippen molar-refractivity contribution in [2.75, 3.05) is 13.1 Å². The second-order valence-electron chi connectivity index (χ2n) is 8.10. The van der Waals surface area contributed by atoms with Gasteiger partial charge in [0.25, 0.3) is 0 Å². The number of fused-ring (bicyclic) bond motifs is 2. The van der Waals surface area contributed by atoms with Gasteiger partial charge in [-0.2, -0.15) is 0 Å². The van der Waals surface area contributed by atoms with Crippen LogP contribution in [0.25, 0.3) is 0 Å². The van der Waals surface area contributed by atoms with Crippen LogP contribution in [0.1, 0.15) is 44.1 Å². The molecule has 4 rings (SSSR count). The van der Waals surface area contributed by atoms with Gasteiger partial charge in [0.05, 0.1) is 5.92 Å². The Morgan fingerprint density at radius 3 is 2.80 bits per heavy atom. The van der Waals surface area contributed by atoms with Gasteiger partial charge in [-0.25, -0.2) is 0 Å². The Hall–Kier alpha value is -0.770. The Bertz CT molecular complexity index is 651. The zero-order valence-corrected chi connectivity index (χ0v) is 16.0. The molecule has 1 saturated heterocycles. The SMILES string of the molecule is O=C(NC1CC2CCC1C2)C1CCCN(Cc2ccc(Cl)cc2Cl)C1. The number of benzene rings is 1. The van der Waals surface area contributed by atoms with E-state index in [4.69, 9.17) is 23.2 Å². The maximum Gasteiger partial charge on any atom is 0.224 e. The van der Waals surface area contributed by atoms with Gasteiger partial charge in [-0.05, 0) is 68.2 Å². The molecule has 3 nitrogen and oxygen atoms in total. The van der Waals surface area contributed by atoms with E-state index in [0.717, 1.165) is 49.9 Å². The standard InChI is InChI=1S/C20H26Cl2N2O/c21-17-6-5-15(18(22)10-17)11-24-7-1-2-16(12-24)20(25)23-19-9-13-3-4-14(19)8-13/h5-6,10,13-14,16,19H,1-4,7-9,11-12H2,(H,23,25). The van der Waals surface area contributed by atoms with Gasteiger partial charge in [0, 0.05) is 29.2 Å². The molecule has 3 aliphatic rings. The first kappa shape index (κ1) is 17.6. The molecule has 1 N–H and O–H groups in total. The van der Waals surface area contributed by atoms with Crippen molar-refractivity contribution in [2.24, 2.45) is 17.8 Å². The number of rotatable bonds is 4. The highest BCUT2D eigenvalue weighted by Gasteiger charge is 2.41. The molecule has 1 aliphatic heterocycles. The number of piperidine rings is 1. The highest BCUT2D eigenvalue weighted by atomic mass is 35.5. The van der Waals surface area contributed by atoms with Crippen LogP contribution in [0.2, 0.25) is 10.0 Å². The third-order valence-corrected chi connectivity index (χ3v) is 6.94. The topological polar surface area (TPSA) is 32.3 Å². The summed E-state index contributed by atoms with van der Waals surface area (Å²) in [6.07, 6.45) is 7.28. The van der Waals surface area contributed by atoms with Crippen molar-refractivity contribution in [2.45, 2.75) is 51.1 Å². The molecule has 1 aromatic carbocycles. The lowest BCUT2D eigenvalue weighted by atomic mass is 9.92. The number of carbonyl (C=O) groups is 1. The number of amides is 1. The second kappa shape index (κ2) is 7.46. The van der Waals surface area contributed by atoms with E-state index in [1.165, 1.54) is 25.7 Å². The summed E-state index contributed by atoms with van der Waals surface area (Å²) in [6, 6.07) is 6.10. The Kier molecular flexibility index (Phi) is 5.26. The first-order valence-corrected chi connectivity index (χ1v) is 10.3. The molecule has 4 unspecified atom stereocenters. The Labute approximate surface area is 160 Å². The average molecular weight is 381 g/mol. The average Bonchev–Trinajstić information content (AvgIpc) is 3.20. The van der Waals surface area contributed by atoms with Crippen LogP contribution in [0.3, 0.4) is 0 Å². The fourth-order valence-electron chi connectivity index (χ4n) is 5.03. The molecule has 1 aromatic rings. The monoisotopic (exact) mass is 380 g/mol. The van der Waals surface area contributed by atoms with Crippen molar-refractivity contribution >= 4 is 29.1 Å². The van der Waals surface area contributed by atoms with Crippen molar-refractivity contribution < 1.29 is 4.79 Å². The van der Waals surface area contributed by atoms with Crippen molar-refractivity contribution in [3.8, 4) is 0 Å². The van der Waals surface area contributed by atoms with Crippen molar-refractivity contribution in [3.63, 3.8) is 0 Å².